The first kappa shape index (κ1) is 10.6. The molecule has 3 aromatic heterocycles. The van der Waals surface area contributed by atoms with Gasteiger partial charge in [-0.1, -0.05) is 0 Å². The number of hydrogen-bond acceptors (Lipinski definition) is 2. The van der Waals surface area contributed by atoms with Crippen LogP contribution in [0.25, 0.3) is 17.1 Å². The number of rotatable bonds is 1. The lowest BCUT2D eigenvalue weighted by molar-refractivity contribution is 0.580. The molecule has 0 atom stereocenters. The standard InChI is InChI=1S/C13H11BrN2O/c1-8-6-12-15-13(11-4-3-5-17-11)9(2)16(12)7-10(8)14/h3-7H,1-2H3. The van der Waals surface area contributed by atoms with Crippen LogP contribution in [-0.2, 0) is 0 Å². The average Bonchev–Trinajstić information content (AvgIpc) is 2.90. The van der Waals surface area contributed by atoms with Gasteiger partial charge in [0.25, 0.3) is 0 Å². The summed E-state index contributed by atoms with van der Waals surface area (Å²) in [6.45, 7) is 4.10. The van der Waals surface area contributed by atoms with Crippen molar-refractivity contribution in [2.24, 2.45) is 0 Å². The lowest BCUT2D eigenvalue weighted by Gasteiger charge is -2.00. The molecule has 0 unspecified atom stereocenters. The Morgan fingerprint density at radius 2 is 2.18 bits per heavy atom. The van der Waals surface area contributed by atoms with Crippen molar-refractivity contribution < 1.29 is 4.42 Å². The van der Waals surface area contributed by atoms with E-state index in [4.69, 9.17) is 4.42 Å². The smallest absolute Gasteiger partial charge is 0.154 e. The van der Waals surface area contributed by atoms with E-state index >= 15 is 0 Å². The lowest BCUT2D eigenvalue weighted by Crippen LogP contribution is -1.89. The predicted molar refractivity (Wildman–Crippen MR) is 70.1 cm³/mol. The van der Waals surface area contributed by atoms with Crippen molar-refractivity contribution in [3.8, 4) is 11.5 Å². The number of furan rings is 1. The second kappa shape index (κ2) is 3.74. The molecule has 3 nitrogen and oxygen atoms in total. The highest BCUT2D eigenvalue weighted by molar-refractivity contribution is 9.10. The zero-order valence-electron chi connectivity index (χ0n) is 9.57. The average molecular weight is 291 g/mol. The second-order valence-electron chi connectivity index (χ2n) is 4.06. The summed E-state index contributed by atoms with van der Waals surface area (Å²) >= 11 is 3.54. The van der Waals surface area contributed by atoms with Crippen molar-refractivity contribution in [3.05, 3.63) is 46.4 Å². The fraction of sp³-hybridized carbons (Fsp3) is 0.154. The van der Waals surface area contributed by atoms with Gasteiger partial charge >= 0.3 is 0 Å². The van der Waals surface area contributed by atoms with Gasteiger partial charge in [-0.2, -0.15) is 0 Å². The Labute approximate surface area is 107 Å². The van der Waals surface area contributed by atoms with Crippen LogP contribution in [0.3, 0.4) is 0 Å². The molecule has 0 radical (unpaired) electrons. The van der Waals surface area contributed by atoms with Crippen LogP contribution < -0.4 is 0 Å². The van der Waals surface area contributed by atoms with Crippen molar-refractivity contribution in [2.75, 3.05) is 0 Å². The molecule has 4 heteroatoms. The molecule has 0 fully saturated rings. The monoisotopic (exact) mass is 290 g/mol. The summed E-state index contributed by atoms with van der Waals surface area (Å²) in [7, 11) is 0. The van der Waals surface area contributed by atoms with Gasteiger partial charge in [-0.25, -0.2) is 4.98 Å². The fourth-order valence-corrected chi connectivity index (χ4v) is 2.24. The van der Waals surface area contributed by atoms with Crippen molar-refractivity contribution in [1.82, 2.24) is 9.38 Å². The van der Waals surface area contributed by atoms with E-state index in [1.54, 1.807) is 6.26 Å². The van der Waals surface area contributed by atoms with Gasteiger partial charge in [0.05, 0.1) is 12.0 Å². The number of fused-ring (bicyclic) bond motifs is 1. The molecule has 0 N–H and O–H groups in total. The van der Waals surface area contributed by atoms with Crippen molar-refractivity contribution in [3.63, 3.8) is 0 Å². The molecule has 0 aromatic carbocycles. The van der Waals surface area contributed by atoms with Crippen LogP contribution in [0.2, 0.25) is 0 Å². The molecular weight excluding hydrogens is 280 g/mol. The van der Waals surface area contributed by atoms with Gasteiger partial charge in [-0.15, -0.1) is 0 Å². The van der Waals surface area contributed by atoms with Gasteiger partial charge < -0.3 is 8.82 Å². The minimum Gasteiger partial charge on any atom is -0.463 e. The predicted octanol–water partition coefficient (Wildman–Crippen LogP) is 3.97. The Morgan fingerprint density at radius 1 is 1.35 bits per heavy atom. The first-order valence-electron chi connectivity index (χ1n) is 5.35. The molecule has 3 rings (SSSR count). The summed E-state index contributed by atoms with van der Waals surface area (Å²) in [5.74, 6) is 0.806. The van der Waals surface area contributed by atoms with Gasteiger partial charge in [0, 0.05) is 10.7 Å². The Bertz CT molecular complexity index is 683. The molecule has 0 spiro atoms. The summed E-state index contributed by atoms with van der Waals surface area (Å²) in [4.78, 5) is 4.61. The Hall–Kier alpha value is -1.55. The van der Waals surface area contributed by atoms with E-state index in [-0.39, 0.29) is 0 Å². The lowest BCUT2D eigenvalue weighted by atomic mass is 10.3. The molecule has 0 amide bonds. The van der Waals surface area contributed by atoms with Crippen LogP contribution in [0.1, 0.15) is 11.3 Å². The van der Waals surface area contributed by atoms with Crippen LogP contribution >= 0.6 is 15.9 Å². The van der Waals surface area contributed by atoms with E-state index in [1.165, 1.54) is 5.56 Å². The zero-order chi connectivity index (χ0) is 12.0. The number of nitrogens with zero attached hydrogens (tertiary/aromatic N) is 2. The minimum absolute atomic E-state index is 0.806. The molecule has 0 saturated carbocycles. The van der Waals surface area contributed by atoms with E-state index in [1.807, 2.05) is 25.3 Å². The molecule has 17 heavy (non-hydrogen) atoms. The molecule has 0 bridgehead atoms. The van der Waals surface area contributed by atoms with Crippen LogP contribution in [-0.4, -0.2) is 9.38 Å². The normalized spacial score (nSPS) is 11.2. The molecule has 0 saturated heterocycles. The summed E-state index contributed by atoms with van der Waals surface area (Å²) in [6, 6.07) is 5.86. The summed E-state index contributed by atoms with van der Waals surface area (Å²) in [5.41, 5.74) is 4.09. The van der Waals surface area contributed by atoms with Gasteiger partial charge in [0.15, 0.2) is 5.76 Å². The number of aromatic nitrogens is 2. The quantitative estimate of drug-likeness (QED) is 0.679. The molecule has 86 valence electrons. The third-order valence-corrected chi connectivity index (χ3v) is 3.73. The highest BCUT2D eigenvalue weighted by Crippen LogP contribution is 2.26. The van der Waals surface area contributed by atoms with E-state index < -0.39 is 0 Å². The highest BCUT2D eigenvalue weighted by atomic mass is 79.9. The number of hydrogen-bond donors (Lipinski definition) is 0. The van der Waals surface area contributed by atoms with Crippen LogP contribution in [0, 0.1) is 13.8 Å². The topological polar surface area (TPSA) is 30.4 Å². The molecule has 3 aromatic rings. The van der Waals surface area contributed by atoms with Crippen LogP contribution in [0.15, 0.2) is 39.5 Å². The van der Waals surface area contributed by atoms with Gasteiger partial charge in [0.2, 0.25) is 0 Å². The van der Waals surface area contributed by atoms with Gasteiger partial charge in [0.1, 0.15) is 11.3 Å². The summed E-state index contributed by atoms with van der Waals surface area (Å²) in [6.07, 6.45) is 3.71. The zero-order valence-corrected chi connectivity index (χ0v) is 11.2. The Morgan fingerprint density at radius 3 is 2.88 bits per heavy atom. The van der Waals surface area contributed by atoms with Crippen molar-refractivity contribution in [1.29, 1.82) is 0 Å². The summed E-state index contributed by atoms with van der Waals surface area (Å²) < 4.78 is 8.55. The Balaban J connectivity index is 2.32. The largest absolute Gasteiger partial charge is 0.463 e. The number of pyridine rings is 1. The van der Waals surface area contributed by atoms with Crippen molar-refractivity contribution >= 4 is 21.6 Å². The molecule has 0 aliphatic rings. The van der Waals surface area contributed by atoms with E-state index in [9.17, 15) is 0 Å². The van der Waals surface area contributed by atoms with Crippen LogP contribution in [0.4, 0.5) is 0 Å². The summed E-state index contributed by atoms with van der Waals surface area (Å²) in [5, 5.41) is 0. The highest BCUT2D eigenvalue weighted by Gasteiger charge is 2.13. The van der Waals surface area contributed by atoms with Gasteiger partial charge in [-0.3, -0.25) is 0 Å². The van der Waals surface area contributed by atoms with Crippen molar-refractivity contribution in [2.45, 2.75) is 13.8 Å². The molecular formula is C13H11BrN2O. The third-order valence-electron chi connectivity index (χ3n) is 2.90. The maximum atomic E-state index is 5.40. The van der Waals surface area contributed by atoms with E-state index in [2.05, 4.69) is 38.3 Å². The number of aryl methyl sites for hydroxylation is 2. The molecule has 0 aliphatic carbocycles. The Kier molecular flexibility index (Phi) is 2.33. The van der Waals surface area contributed by atoms with E-state index in [0.29, 0.717) is 0 Å². The van der Waals surface area contributed by atoms with Gasteiger partial charge in [-0.05, 0) is 53.5 Å². The maximum absolute atomic E-state index is 5.40. The number of imidazole rings is 1. The first-order chi connectivity index (χ1) is 8.16. The SMILES string of the molecule is Cc1cc2nc(-c3ccco3)c(C)n2cc1Br. The minimum atomic E-state index is 0.806. The second-order valence-corrected chi connectivity index (χ2v) is 4.91. The maximum Gasteiger partial charge on any atom is 0.154 e. The fourth-order valence-electron chi connectivity index (χ4n) is 1.92. The third kappa shape index (κ3) is 1.60. The molecule has 0 aliphatic heterocycles. The first-order valence-corrected chi connectivity index (χ1v) is 6.15. The number of halogens is 1. The molecule has 3 heterocycles. The van der Waals surface area contributed by atoms with Crippen LogP contribution in [0.5, 0.6) is 0 Å². The van der Waals surface area contributed by atoms with E-state index in [0.717, 1.165) is 27.3 Å².